The largest absolute Gasteiger partial charge is 0.494 e. The fraction of sp³-hybridized carbons (Fsp3) is 0.308. The van der Waals surface area contributed by atoms with E-state index in [0.29, 0.717) is 17.1 Å². The van der Waals surface area contributed by atoms with Crippen LogP contribution in [0.2, 0.25) is 5.02 Å². The number of carbonyl (C=O) groups excluding carboxylic acids is 2. The predicted octanol–water partition coefficient (Wildman–Crippen LogP) is 3.65. The fourth-order valence-electron chi connectivity index (χ4n) is 3.92. The van der Waals surface area contributed by atoms with Crippen LogP contribution in [-0.4, -0.2) is 85.9 Å². The third-order valence-electron chi connectivity index (χ3n) is 6.07. The van der Waals surface area contributed by atoms with E-state index in [4.69, 9.17) is 16.3 Å². The van der Waals surface area contributed by atoms with Gasteiger partial charge >= 0.3 is 0 Å². The second-order valence-corrected chi connectivity index (χ2v) is 9.30. The molecule has 2 aromatic carbocycles. The molecule has 0 spiro atoms. The van der Waals surface area contributed by atoms with E-state index in [-0.39, 0.29) is 22.4 Å². The van der Waals surface area contributed by atoms with Gasteiger partial charge in [0, 0.05) is 52.0 Å². The minimum atomic E-state index is -0.637. The molecule has 1 aliphatic heterocycles. The molecule has 1 fully saturated rings. The molecule has 0 bridgehead atoms. The number of halogens is 1. The van der Waals surface area contributed by atoms with E-state index in [1.54, 1.807) is 31.4 Å². The third-order valence-corrected chi connectivity index (χ3v) is 6.35. The number of aromatic nitrogens is 2. The number of methoxy groups -OCH3 is 1. The maximum atomic E-state index is 12.7. The van der Waals surface area contributed by atoms with Crippen LogP contribution in [0.5, 0.6) is 5.75 Å². The number of likely N-dealkylation sites (N-methyl/N-ethyl adjacent to an activating group) is 2. The Bertz CT molecular complexity index is 1290. The minimum Gasteiger partial charge on any atom is -0.494 e. The lowest BCUT2D eigenvalue weighted by Crippen LogP contribution is -2.44. The van der Waals surface area contributed by atoms with Crippen molar-refractivity contribution in [2.45, 2.75) is 0 Å². The zero-order chi connectivity index (χ0) is 26.5. The highest BCUT2D eigenvalue weighted by Crippen LogP contribution is 2.33. The van der Waals surface area contributed by atoms with Crippen molar-refractivity contribution in [1.82, 2.24) is 19.8 Å². The Labute approximate surface area is 221 Å². The average molecular weight is 524 g/mol. The van der Waals surface area contributed by atoms with Crippen LogP contribution >= 0.6 is 11.6 Å². The SMILES string of the molecule is COc1cc(N2CCN(C)CC2)ccc1Nc1ncc(Cl)c(Nc2ccccc2C(=O)C(=O)N(C)C)n1. The third kappa shape index (κ3) is 6.10. The van der Waals surface area contributed by atoms with Crippen molar-refractivity contribution < 1.29 is 14.3 Å². The molecule has 0 aliphatic carbocycles. The van der Waals surface area contributed by atoms with Gasteiger partial charge in [-0.15, -0.1) is 0 Å². The number of ether oxygens (including phenoxy) is 1. The summed E-state index contributed by atoms with van der Waals surface area (Å²) in [6.07, 6.45) is 1.46. The zero-order valence-corrected chi connectivity index (χ0v) is 22.0. The molecule has 3 aromatic rings. The molecule has 2 N–H and O–H groups in total. The lowest BCUT2D eigenvalue weighted by atomic mass is 10.1. The summed E-state index contributed by atoms with van der Waals surface area (Å²) in [6, 6.07) is 12.7. The number of nitrogens with one attached hydrogen (secondary N) is 2. The first-order valence-electron chi connectivity index (χ1n) is 11.8. The van der Waals surface area contributed by atoms with Gasteiger partial charge in [-0.3, -0.25) is 9.59 Å². The van der Waals surface area contributed by atoms with Crippen LogP contribution < -0.4 is 20.3 Å². The number of Topliss-reactive ketones (excluding diaryl/α,β-unsaturated/α-hetero) is 1. The molecule has 0 unspecified atom stereocenters. The number of para-hydroxylation sites is 1. The number of hydrogen-bond acceptors (Lipinski definition) is 9. The fourth-order valence-corrected chi connectivity index (χ4v) is 4.05. The predicted molar refractivity (Wildman–Crippen MR) is 146 cm³/mol. The van der Waals surface area contributed by atoms with E-state index in [1.165, 1.54) is 25.2 Å². The van der Waals surface area contributed by atoms with Crippen LogP contribution in [0, 0.1) is 0 Å². The van der Waals surface area contributed by atoms with Crippen LogP contribution in [0.1, 0.15) is 10.4 Å². The first-order chi connectivity index (χ1) is 17.8. The number of piperazine rings is 1. The van der Waals surface area contributed by atoms with Crippen molar-refractivity contribution in [1.29, 1.82) is 0 Å². The molecule has 194 valence electrons. The molecule has 4 rings (SSSR count). The Balaban J connectivity index is 1.56. The molecule has 1 amide bonds. The van der Waals surface area contributed by atoms with Gasteiger partial charge in [-0.2, -0.15) is 4.98 Å². The highest BCUT2D eigenvalue weighted by atomic mass is 35.5. The molecule has 11 heteroatoms. The van der Waals surface area contributed by atoms with E-state index in [1.807, 2.05) is 18.2 Å². The quantitative estimate of drug-likeness (QED) is 0.338. The molecular weight excluding hydrogens is 494 g/mol. The van der Waals surface area contributed by atoms with E-state index in [9.17, 15) is 9.59 Å². The van der Waals surface area contributed by atoms with Crippen molar-refractivity contribution in [3.63, 3.8) is 0 Å². The summed E-state index contributed by atoms with van der Waals surface area (Å²) >= 11 is 6.36. The molecule has 37 heavy (non-hydrogen) atoms. The van der Waals surface area contributed by atoms with Crippen molar-refractivity contribution in [2.24, 2.45) is 0 Å². The zero-order valence-electron chi connectivity index (χ0n) is 21.3. The summed E-state index contributed by atoms with van der Waals surface area (Å²) in [6.45, 7) is 3.92. The van der Waals surface area contributed by atoms with Crippen LogP contribution in [-0.2, 0) is 4.79 Å². The van der Waals surface area contributed by atoms with Crippen LogP contribution in [0.3, 0.4) is 0 Å². The lowest BCUT2D eigenvalue weighted by Gasteiger charge is -2.34. The topological polar surface area (TPSA) is 103 Å². The number of carbonyl (C=O) groups is 2. The van der Waals surface area contributed by atoms with Gasteiger partial charge in [-0.05, 0) is 31.3 Å². The van der Waals surface area contributed by atoms with E-state index in [0.717, 1.165) is 31.9 Å². The summed E-state index contributed by atoms with van der Waals surface area (Å²) in [4.78, 5) is 39.6. The number of anilines is 5. The van der Waals surface area contributed by atoms with Crippen molar-refractivity contribution in [3.05, 3.63) is 59.2 Å². The summed E-state index contributed by atoms with van der Waals surface area (Å²) < 4.78 is 5.63. The van der Waals surface area contributed by atoms with E-state index >= 15 is 0 Å². The first-order valence-corrected chi connectivity index (χ1v) is 12.2. The minimum absolute atomic E-state index is 0.214. The summed E-state index contributed by atoms with van der Waals surface area (Å²) in [5, 5.41) is 6.51. The van der Waals surface area contributed by atoms with Gasteiger partial charge in [0.2, 0.25) is 5.95 Å². The van der Waals surface area contributed by atoms with Gasteiger partial charge in [0.05, 0.1) is 30.2 Å². The number of rotatable bonds is 8. The molecule has 0 saturated carbocycles. The first kappa shape index (κ1) is 26.2. The van der Waals surface area contributed by atoms with Crippen molar-refractivity contribution in [3.8, 4) is 5.75 Å². The highest BCUT2D eigenvalue weighted by molar-refractivity contribution is 6.43. The average Bonchev–Trinajstić information content (AvgIpc) is 2.90. The smallest absolute Gasteiger partial charge is 0.294 e. The molecular formula is C26H30ClN7O3. The number of nitrogens with zero attached hydrogens (tertiary/aromatic N) is 5. The maximum absolute atomic E-state index is 12.7. The van der Waals surface area contributed by atoms with Crippen LogP contribution in [0.25, 0.3) is 0 Å². The molecule has 0 atom stereocenters. The Morgan fingerprint density at radius 2 is 1.76 bits per heavy atom. The molecule has 10 nitrogen and oxygen atoms in total. The summed E-state index contributed by atoms with van der Waals surface area (Å²) in [5.41, 5.74) is 2.40. The van der Waals surface area contributed by atoms with Gasteiger partial charge in [0.15, 0.2) is 5.82 Å². The van der Waals surface area contributed by atoms with Gasteiger partial charge in [-0.1, -0.05) is 23.7 Å². The van der Waals surface area contributed by atoms with Crippen LogP contribution in [0.15, 0.2) is 48.7 Å². The van der Waals surface area contributed by atoms with Crippen LogP contribution in [0.4, 0.5) is 28.8 Å². The highest BCUT2D eigenvalue weighted by Gasteiger charge is 2.22. The Kier molecular flexibility index (Phi) is 8.10. The summed E-state index contributed by atoms with van der Waals surface area (Å²) in [5.74, 6) is -0.0441. The Morgan fingerprint density at radius 3 is 2.46 bits per heavy atom. The van der Waals surface area contributed by atoms with E-state index < -0.39 is 11.7 Å². The summed E-state index contributed by atoms with van der Waals surface area (Å²) in [7, 11) is 6.80. The molecule has 1 aromatic heterocycles. The van der Waals surface area contributed by atoms with Gasteiger partial charge in [0.1, 0.15) is 10.8 Å². The van der Waals surface area contributed by atoms with Gasteiger partial charge < -0.3 is 30.1 Å². The number of ketones is 1. The number of benzene rings is 2. The normalized spacial score (nSPS) is 13.7. The van der Waals surface area contributed by atoms with Gasteiger partial charge in [0.25, 0.3) is 11.7 Å². The maximum Gasteiger partial charge on any atom is 0.294 e. The van der Waals surface area contributed by atoms with Crippen molar-refractivity contribution in [2.75, 3.05) is 70.0 Å². The van der Waals surface area contributed by atoms with Gasteiger partial charge in [-0.25, -0.2) is 4.98 Å². The molecule has 0 radical (unpaired) electrons. The monoisotopic (exact) mass is 523 g/mol. The lowest BCUT2D eigenvalue weighted by molar-refractivity contribution is -0.124. The number of hydrogen-bond donors (Lipinski definition) is 2. The standard InChI is InChI=1S/C26H30ClN7O3/c1-32(2)25(36)23(35)18-7-5-6-8-20(18)29-24-19(27)16-28-26(31-24)30-21-10-9-17(15-22(21)37-4)34-13-11-33(3)12-14-34/h5-10,15-16H,11-14H2,1-4H3,(H2,28,29,30,31). The van der Waals surface area contributed by atoms with Crippen molar-refractivity contribution >= 4 is 52.1 Å². The molecule has 1 aliphatic rings. The second-order valence-electron chi connectivity index (χ2n) is 8.89. The Morgan fingerprint density at radius 1 is 1.03 bits per heavy atom. The molecule has 2 heterocycles. The second kappa shape index (κ2) is 11.4. The molecule has 1 saturated heterocycles. The van der Waals surface area contributed by atoms with E-state index in [2.05, 4.69) is 37.4 Å². The Hall–Kier alpha value is -3.89. The number of amides is 1.